The summed E-state index contributed by atoms with van der Waals surface area (Å²) in [7, 11) is -9.93. The van der Waals surface area contributed by atoms with Crippen LogP contribution in [0.15, 0.2) is 0 Å². The minimum Gasteiger partial charge on any atom is -0.462 e. The molecule has 0 radical (unpaired) electrons. The zero-order chi connectivity index (χ0) is 78.1. The van der Waals surface area contributed by atoms with Crippen molar-refractivity contribution in [2.75, 3.05) is 39.6 Å². The van der Waals surface area contributed by atoms with Gasteiger partial charge in [-0.15, -0.1) is 0 Å². The minimum atomic E-state index is -4.97. The number of carbonyl (C=O) groups excluding carboxylic acids is 4. The zero-order valence-electron chi connectivity index (χ0n) is 70.1. The van der Waals surface area contributed by atoms with Gasteiger partial charge >= 0.3 is 39.5 Å². The Labute approximate surface area is 658 Å². The second-order valence-corrected chi connectivity index (χ2v) is 34.5. The van der Waals surface area contributed by atoms with Gasteiger partial charge in [-0.3, -0.25) is 37.3 Å². The molecule has 0 bridgehead atoms. The number of phosphoric ester groups is 2. The molecule has 0 aromatic rings. The van der Waals surface area contributed by atoms with Crippen LogP contribution >= 0.6 is 15.6 Å². The fourth-order valence-corrected chi connectivity index (χ4v) is 15.5. The van der Waals surface area contributed by atoms with Gasteiger partial charge < -0.3 is 33.8 Å². The van der Waals surface area contributed by atoms with Crippen LogP contribution in [0.1, 0.15) is 484 Å². The second-order valence-electron chi connectivity index (χ2n) is 31.6. The maximum atomic E-state index is 13.2. The molecule has 0 fully saturated rings. The van der Waals surface area contributed by atoms with E-state index in [0.29, 0.717) is 25.7 Å². The molecule has 0 aromatic carbocycles. The molecule has 17 nitrogen and oxygen atoms in total. The molecule has 0 aliphatic rings. The van der Waals surface area contributed by atoms with Gasteiger partial charge in [-0.1, -0.05) is 432 Å². The predicted molar refractivity (Wildman–Crippen MR) is 442 cm³/mol. The number of hydrogen-bond acceptors (Lipinski definition) is 15. The van der Waals surface area contributed by atoms with Crippen LogP contribution in [0.4, 0.5) is 0 Å². The summed E-state index contributed by atoms with van der Waals surface area (Å²) in [5.74, 6) is -2.09. The predicted octanol–water partition coefficient (Wildman–Crippen LogP) is 27.3. The average molecular weight is 1560 g/mol. The van der Waals surface area contributed by atoms with E-state index in [2.05, 4.69) is 27.7 Å². The highest BCUT2D eigenvalue weighted by Crippen LogP contribution is 2.45. The van der Waals surface area contributed by atoms with Gasteiger partial charge in [0.25, 0.3) is 0 Å². The van der Waals surface area contributed by atoms with E-state index in [1.807, 2.05) is 0 Å². The Morgan fingerprint density at radius 1 is 0.224 bits per heavy atom. The van der Waals surface area contributed by atoms with E-state index in [-0.39, 0.29) is 25.7 Å². The van der Waals surface area contributed by atoms with Gasteiger partial charge in [-0.25, -0.2) is 9.13 Å². The number of aliphatic hydroxyl groups excluding tert-OH is 1. The fourth-order valence-electron chi connectivity index (χ4n) is 13.9. The molecule has 0 aliphatic heterocycles. The summed E-state index contributed by atoms with van der Waals surface area (Å²) in [4.78, 5) is 73.3. The number of phosphoric acid groups is 2. The molecule has 5 atom stereocenters. The van der Waals surface area contributed by atoms with Crippen molar-refractivity contribution in [2.45, 2.75) is 502 Å². The first-order chi connectivity index (χ1) is 52.2. The van der Waals surface area contributed by atoms with Crippen molar-refractivity contribution in [1.29, 1.82) is 0 Å². The third-order valence-electron chi connectivity index (χ3n) is 20.9. The SMILES string of the molecule is CCCCCCCCCCCCCCCCCCCCCCC(=O)O[C@H](COC(=O)CCCCCCCCCCCCCCCCCCCC)COP(=O)(O)OC[C@@H](O)COP(=O)(O)OC[C@@H](COC(=O)CCCCCCCCCCCCC)OC(=O)CCCCCCCCCCCCCCCCCCCC. The number of carbonyl (C=O) groups is 4. The molecule has 0 aliphatic carbocycles. The van der Waals surface area contributed by atoms with Crippen LogP contribution in [0.2, 0.25) is 0 Å². The number of unbranched alkanes of at least 4 members (excludes halogenated alkanes) is 63. The van der Waals surface area contributed by atoms with Gasteiger partial charge in [0, 0.05) is 25.7 Å². The lowest BCUT2D eigenvalue weighted by molar-refractivity contribution is -0.161. The molecule has 0 rings (SSSR count). The van der Waals surface area contributed by atoms with Crippen LogP contribution in [-0.4, -0.2) is 96.7 Å². The standard InChI is InChI=1S/C88H172O17P2/c1-5-9-13-17-21-25-29-32-35-38-41-42-45-48-51-55-59-63-67-71-75-88(93)105-84(79-99-86(91)73-69-65-61-57-53-49-46-43-39-36-33-30-26-22-18-14-10-6-2)81-103-107(96,97)101-77-82(89)76-100-106(94,95)102-80-83(78-98-85(90)72-68-64-60-56-52-28-24-20-16-12-8-4)104-87(92)74-70-66-62-58-54-50-47-44-40-37-34-31-27-23-19-15-11-7-3/h82-84,89H,5-81H2,1-4H3,(H,94,95)(H,96,97)/t82-,83+,84+/m0/s1. The van der Waals surface area contributed by atoms with E-state index in [1.165, 1.54) is 315 Å². The molecule has 107 heavy (non-hydrogen) atoms. The van der Waals surface area contributed by atoms with Crippen molar-refractivity contribution < 1.29 is 80.2 Å². The summed E-state index contributed by atoms with van der Waals surface area (Å²) in [5, 5.41) is 10.7. The summed E-state index contributed by atoms with van der Waals surface area (Å²) in [6, 6.07) is 0. The van der Waals surface area contributed by atoms with Gasteiger partial charge in [0.2, 0.25) is 0 Å². The highest BCUT2D eigenvalue weighted by atomic mass is 31.2. The summed E-state index contributed by atoms with van der Waals surface area (Å²) in [5.41, 5.74) is 0. The van der Waals surface area contributed by atoms with Crippen LogP contribution in [-0.2, 0) is 65.4 Å². The molecule has 636 valence electrons. The van der Waals surface area contributed by atoms with E-state index in [4.69, 9.17) is 37.0 Å². The summed E-state index contributed by atoms with van der Waals surface area (Å²) in [6.07, 6.45) is 77.8. The van der Waals surface area contributed by atoms with Crippen LogP contribution < -0.4 is 0 Å². The normalized spacial score (nSPS) is 13.7. The number of aliphatic hydroxyl groups is 1. The van der Waals surface area contributed by atoms with E-state index >= 15 is 0 Å². The average Bonchev–Trinajstić information content (AvgIpc) is 0.901. The molecular weight excluding hydrogens is 1390 g/mol. The molecule has 3 N–H and O–H groups in total. The fraction of sp³-hybridized carbons (Fsp3) is 0.955. The quantitative estimate of drug-likeness (QED) is 0.0222. The molecule has 0 amide bonds. The van der Waals surface area contributed by atoms with Crippen LogP contribution in [0.5, 0.6) is 0 Å². The number of rotatable bonds is 89. The Balaban J connectivity index is 5.23. The Morgan fingerprint density at radius 2 is 0.374 bits per heavy atom. The summed E-state index contributed by atoms with van der Waals surface area (Å²) < 4.78 is 69.0. The van der Waals surface area contributed by atoms with Crippen LogP contribution in [0.3, 0.4) is 0 Å². The van der Waals surface area contributed by atoms with Crippen molar-refractivity contribution in [3.8, 4) is 0 Å². The van der Waals surface area contributed by atoms with E-state index in [9.17, 15) is 43.2 Å². The lowest BCUT2D eigenvalue weighted by atomic mass is 10.0. The van der Waals surface area contributed by atoms with Crippen LogP contribution in [0, 0.1) is 0 Å². The molecule has 19 heteroatoms. The van der Waals surface area contributed by atoms with Gasteiger partial charge in [0.15, 0.2) is 12.2 Å². The third-order valence-corrected chi connectivity index (χ3v) is 22.8. The van der Waals surface area contributed by atoms with Crippen molar-refractivity contribution in [3.05, 3.63) is 0 Å². The van der Waals surface area contributed by atoms with Crippen LogP contribution in [0.25, 0.3) is 0 Å². The second kappa shape index (κ2) is 82.1. The van der Waals surface area contributed by atoms with Crippen molar-refractivity contribution in [3.63, 3.8) is 0 Å². The number of ether oxygens (including phenoxy) is 4. The molecule has 0 saturated heterocycles. The van der Waals surface area contributed by atoms with Crippen molar-refractivity contribution in [2.24, 2.45) is 0 Å². The molecular formula is C88H172O17P2. The van der Waals surface area contributed by atoms with E-state index in [0.717, 1.165) is 89.9 Å². The summed E-state index contributed by atoms with van der Waals surface area (Å²) >= 11 is 0. The van der Waals surface area contributed by atoms with E-state index in [1.54, 1.807) is 0 Å². The molecule has 0 heterocycles. The van der Waals surface area contributed by atoms with Gasteiger partial charge in [0.1, 0.15) is 19.3 Å². The minimum absolute atomic E-state index is 0.110. The topological polar surface area (TPSA) is 237 Å². The maximum Gasteiger partial charge on any atom is 0.472 e. The monoisotopic (exact) mass is 1560 g/mol. The highest BCUT2D eigenvalue weighted by Gasteiger charge is 2.30. The Bertz CT molecular complexity index is 2020. The third kappa shape index (κ3) is 81.9. The first-order valence-electron chi connectivity index (χ1n) is 45.8. The first kappa shape index (κ1) is 105. The Kier molecular flexibility index (Phi) is 80.6. The Hall–Kier alpha value is -1.94. The van der Waals surface area contributed by atoms with Crippen molar-refractivity contribution >= 4 is 39.5 Å². The maximum absolute atomic E-state index is 13.2. The van der Waals surface area contributed by atoms with Crippen molar-refractivity contribution in [1.82, 2.24) is 0 Å². The van der Waals surface area contributed by atoms with Gasteiger partial charge in [-0.2, -0.15) is 0 Å². The molecule has 2 unspecified atom stereocenters. The number of esters is 4. The lowest BCUT2D eigenvalue weighted by Crippen LogP contribution is -2.30. The molecule has 0 saturated carbocycles. The van der Waals surface area contributed by atoms with E-state index < -0.39 is 97.5 Å². The van der Waals surface area contributed by atoms with Gasteiger partial charge in [0.05, 0.1) is 26.4 Å². The smallest absolute Gasteiger partial charge is 0.462 e. The molecule has 0 spiro atoms. The lowest BCUT2D eigenvalue weighted by Gasteiger charge is -2.21. The zero-order valence-corrected chi connectivity index (χ0v) is 71.9. The Morgan fingerprint density at radius 3 is 0.551 bits per heavy atom. The largest absolute Gasteiger partial charge is 0.472 e. The first-order valence-corrected chi connectivity index (χ1v) is 48.8. The highest BCUT2D eigenvalue weighted by molar-refractivity contribution is 7.47. The van der Waals surface area contributed by atoms with Gasteiger partial charge in [-0.05, 0) is 25.7 Å². The number of hydrogen-bond donors (Lipinski definition) is 3. The summed E-state index contributed by atoms with van der Waals surface area (Å²) in [6.45, 7) is 5.07. The molecule has 0 aromatic heterocycles.